The van der Waals surface area contributed by atoms with Gasteiger partial charge in [-0.3, -0.25) is 0 Å². The predicted molar refractivity (Wildman–Crippen MR) is 48.7 cm³/mol. The molecule has 0 aromatic heterocycles. The summed E-state index contributed by atoms with van der Waals surface area (Å²) in [5, 5.41) is 10.3. The van der Waals surface area contributed by atoms with Gasteiger partial charge >= 0.3 is 74.9 Å². The molecule has 0 amide bonds. The van der Waals surface area contributed by atoms with Crippen LogP contribution in [0.25, 0.3) is 0 Å². The van der Waals surface area contributed by atoms with E-state index in [4.69, 9.17) is 9.47 Å². The van der Waals surface area contributed by atoms with Crippen LogP contribution in [0.5, 0.6) is 0 Å². The number of rotatable bonds is 3. The third-order valence-corrected chi connectivity index (χ3v) is 2.40. The van der Waals surface area contributed by atoms with E-state index in [1.165, 1.54) is 0 Å². The Morgan fingerprint density at radius 2 is 2.00 bits per heavy atom. The van der Waals surface area contributed by atoms with E-state index in [9.17, 15) is 14.7 Å². The molecule has 0 bridgehead atoms. The Morgan fingerprint density at radius 3 is 2.44 bits per heavy atom. The quantitative estimate of drug-likeness (QED) is 0.300. The summed E-state index contributed by atoms with van der Waals surface area (Å²) in [4.78, 5) is 21.2. The van der Waals surface area contributed by atoms with Crippen LogP contribution >= 0.6 is 0 Å². The van der Waals surface area contributed by atoms with Crippen molar-refractivity contribution in [3.63, 3.8) is 0 Å². The second-order valence-corrected chi connectivity index (χ2v) is 3.47. The van der Waals surface area contributed by atoms with E-state index in [0.717, 1.165) is 0 Å². The van der Waals surface area contributed by atoms with Crippen LogP contribution in [0.2, 0.25) is 0 Å². The fourth-order valence-corrected chi connectivity index (χ4v) is 1.59. The molecule has 6 heteroatoms. The molecule has 84 valence electrons. The van der Waals surface area contributed by atoms with Gasteiger partial charge in [0.25, 0.3) is 0 Å². The molecular weight excluding hydrogens is 333 g/mol. The molecule has 0 N–H and O–H groups in total. The number of esters is 1. The number of ether oxygens (including phenoxy) is 2. The Kier molecular flexibility index (Phi) is 8.25. The molecular formula is C10H13CsO5. The Balaban J connectivity index is 0.00000225. The van der Waals surface area contributed by atoms with Crippen molar-refractivity contribution in [1.82, 2.24) is 0 Å². The van der Waals surface area contributed by atoms with Crippen LogP contribution in [0.3, 0.4) is 0 Å². The summed E-state index contributed by atoms with van der Waals surface area (Å²) in [6, 6.07) is 0. The van der Waals surface area contributed by atoms with Gasteiger partial charge in [0.05, 0.1) is 13.2 Å². The van der Waals surface area contributed by atoms with Crippen molar-refractivity contribution in [3.05, 3.63) is 12.7 Å². The van der Waals surface area contributed by atoms with Crippen LogP contribution in [0, 0.1) is 0 Å². The minimum Gasteiger partial charge on any atom is -0.539 e. The molecule has 0 aliphatic carbocycles. The smallest absolute Gasteiger partial charge is 0.539 e. The summed E-state index contributed by atoms with van der Waals surface area (Å²) >= 11 is 0. The van der Waals surface area contributed by atoms with Gasteiger partial charge in [-0.2, -0.15) is 0 Å². The maximum absolute atomic E-state index is 10.9. The minimum atomic E-state index is -1.81. The molecule has 0 atom stereocenters. The van der Waals surface area contributed by atoms with Crippen molar-refractivity contribution in [1.29, 1.82) is 0 Å². The fraction of sp³-hybridized carbons (Fsp3) is 0.600. The van der Waals surface area contributed by atoms with Crippen molar-refractivity contribution in [3.8, 4) is 0 Å². The molecule has 16 heavy (non-hydrogen) atoms. The van der Waals surface area contributed by atoms with E-state index in [-0.39, 0.29) is 68.9 Å². The Hall–Kier alpha value is 0.692. The van der Waals surface area contributed by atoms with Crippen LogP contribution in [-0.2, 0) is 19.1 Å². The maximum atomic E-state index is 10.9. The van der Waals surface area contributed by atoms with Gasteiger partial charge in [-0.1, -0.05) is 6.08 Å². The molecule has 1 saturated heterocycles. The van der Waals surface area contributed by atoms with E-state index < -0.39 is 17.5 Å². The molecule has 1 heterocycles. The van der Waals surface area contributed by atoms with E-state index in [0.29, 0.717) is 32.5 Å². The molecule has 5 nitrogen and oxygen atoms in total. The Bertz CT molecular complexity index is 270. The van der Waals surface area contributed by atoms with Gasteiger partial charge in [0, 0.05) is 19.3 Å². The first-order valence-electron chi connectivity index (χ1n) is 4.73. The van der Waals surface area contributed by atoms with E-state index in [1.807, 2.05) is 0 Å². The summed E-state index contributed by atoms with van der Waals surface area (Å²) in [6.07, 6.45) is 3.00. The average molecular weight is 346 g/mol. The molecule has 0 saturated carbocycles. The van der Waals surface area contributed by atoms with Gasteiger partial charge in [-0.05, 0) is 0 Å². The topological polar surface area (TPSA) is 75.7 Å². The van der Waals surface area contributed by atoms with Crippen LogP contribution in [0.15, 0.2) is 12.7 Å². The molecule has 1 aliphatic rings. The molecule has 0 aromatic carbocycles. The number of carboxylic acids is 1. The first-order valence-corrected chi connectivity index (χ1v) is 4.73. The average Bonchev–Trinajstić information content (AvgIpc) is 2.19. The normalized spacial score (nSPS) is 18.0. The Labute approximate surface area is 153 Å². The molecule has 1 fully saturated rings. The van der Waals surface area contributed by atoms with Crippen LogP contribution in [-0.4, -0.2) is 30.8 Å². The van der Waals surface area contributed by atoms with Gasteiger partial charge in [-0.15, -0.1) is 6.58 Å². The zero-order valence-electron chi connectivity index (χ0n) is 9.36. The predicted octanol–water partition coefficient (Wildman–Crippen LogP) is -3.59. The maximum Gasteiger partial charge on any atom is 1.00 e. The number of hydrogen-bond acceptors (Lipinski definition) is 5. The first-order chi connectivity index (χ1) is 7.09. The number of hydrogen-bond donors (Lipinski definition) is 0. The summed E-state index contributed by atoms with van der Waals surface area (Å²) in [7, 11) is 0. The third-order valence-electron chi connectivity index (χ3n) is 2.40. The number of carbonyl (C=O) groups excluding carboxylic acids is 2. The third kappa shape index (κ3) is 4.91. The van der Waals surface area contributed by atoms with Crippen LogP contribution < -0.4 is 74.0 Å². The first kappa shape index (κ1) is 16.7. The molecule has 0 aromatic rings. The molecule has 1 rings (SSSR count). The van der Waals surface area contributed by atoms with Crippen molar-refractivity contribution in [2.75, 3.05) is 13.2 Å². The number of carboxylic acid groups (broad SMARTS) is 1. The molecule has 0 radical (unpaired) electrons. The van der Waals surface area contributed by atoms with Gasteiger partial charge in [0.15, 0.2) is 5.97 Å². The summed E-state index contributed by atoms with van der Waals surface area (Å²) in [6.45, 7) is 4.46. The summed E-state index contributed by atoms with van der Waals surface area (Å²) < 4.78 is 10.1. The largest absolute Gasteiger partial charge is 1.00 e. The zero-order valence-corrected chi connectivity index (χ0v) is 15.6. The van der Waals surface area contributed by atoms with Crippen molar-refractivity contribution in [2.45, 2.75) is 24.9 Å². The standard InChI is InChI=1S/C10H14O5.Cs/c1-2-3-10(4-6-14-7-5-10)15-9(13)8(11)12;/h2H,1,3-7H2,(H,11,12);/q;+1/p-1. The zero-order chi connectivity index (χ0) is 11.3. The second-order valence-electron chi connectivity index (χ2n) is 3.47. The van der Waals surface area contributed by atoms with Crippen molar-refractivity contribution in [2.24, 2.45) is 0 Å². The van der Waals surface area contributed by atoms with Crippen LogP contribution in [0.4, 0.5) is 0 Å². The van der Waals surface area contributed by atoms with E-state index in [1.54, 1.807) is 6.08 Å². The van der Waals surface area contributed by atoms with Gasteiger partial charge < -0.3 is 19.4 Å². The molecule has 0 unspecified atom stereocenters. The van der Waals surface area contributed by atoms with Crippen LogP contribution in [0.1, 0.15) is 19.3 Å². The van der Waals surface area contributed by atoms with Gasteiger partial charge in [0.1, 0.15) is 5.60 Å². The van der Waals surface area contributed by atoms with Crippen molar-refractivity contribution >= 4 is 11.9 Å². The Morgan fingerprint density at radius 1 is 1.44 bits per heavy atom. The van der Waals surface area contributed by atoms with Gasteiger partial charge in [0.2, 0.25) is 0 Å². The summed E-state index contributed by atoms with van der Waals surface area (Å²) in [5.74, 6) is -3.14. The van der Waals surface area contributed by atoms with E-state index in [2.05, 4.69) is 6.58 Å². The minimum absolute atomic E-state index is 0. The van der Waals surface area contributed by atoms with Gasteiger partial charge in [-0.25, -0.2) is 4.79 Å². The summed E-state index contributed by atoms with van der Waals surface area (Å²) in [5.41, 5.74) is -0.781. The molecule has 0 spiro atoms. The fourth-order valence-electron chi connectivity index (χ4n) is 1.59. The van der Waals surface area contributed by atoms with Crippen molar-refractivity contribution < 1.29 is 93.1 Å². The monoisotopic (exact) mass is 346 g/mol. The number of aliphatic carboxylic acids is 1. The SMILES string of the molecule is C=CCC1(OC(=O)C(=O)[O-])CCOCC1.[Cs+]. The molecule has 1 aliphatic heterocycles. The second kappa shape index (κ2) is 7.91. The van der Waals surface area contributed by atoms with E-state index >= 15 is 0 Å². The number of carbonyl (C=O) groups is 2.